The predicted octanol–water partition coefficient (Wildman–Crippen LogP) is 3.47. The summed E-state index contributed by atoms with van der Waals surface area (Å²) in [6, 6.07) is 4.45. The molecule has 0 heterocycles. The minimum Gasteiger partial charge on any atom is -0.311 e. The van der Waals surface area contributed by atoms with Crippen LogP contribution in [0.4, 0.5) is 13.2 Å². The number of nitrogens with one attached hydrogen (secondary N) is 1. The third-order valence-electron chi connectivity index (χ3n) is 2.89. The number of hydrogen-bond acceptors (Lipinski definition) is 1. The summed E-state index contributed by atoms with van der Waals surface area (Å²) < 4.78 is 38.1. The number of alkyl halides is 3. The first-order valence-electron chi connectivity index (χ1n) is 5.05. The molecular weight excluding hydrogens is 215 g/mol. The lowest BCUT2D eigenvalue weighted by Gasteiger charge is -2.26. The zero-order chi connectivity index (χ0) is 12.6. The topological polar surface area (TPSA) is 12.0 Å². The second-order valence-corrected chi connectivity index (χ2v) is 4.40. The Bertz CT molecular complexity index is 380. The lowest BCUT2D eigenvalue weighted by Crippen LogP contribution is -2.33. The van der Waals surface area contributed by atoms with E-state index in [1.807, 2.05) is 13.8 Å². The molecule has 0 fully saturated rings. The summed E-state index contributed by atoms with van der Waals surface area (Å²) in [7, 11) is 1.73. The maximum atomic E-state index is 12.7. The molecule has 0 radical (unpaired) electrons. The van der Waals surface area contributed by atoms with Gasteiger partial charge in [0.2, 0.25) is 0 Å². The zero-order valence-electron chi connectivity index (χ0n) is 9.87. The van der Waals surface area contributed by atoms with Crippen LogP contribution in [-0.2, 0) is 11.7 Å². The van der Waals surface area contributed by atoms with Crippen LogP contribution in [0.2, 0.25) is 0 Å². The van der Waals surface area contributed by atoms with Crippen molar-refractivity contribution in [1.82, 2.24) is 5.32 Å². The third-order valence-corrected chi connectivity index (χ3v) is 2.89. The van der Waals surface area contributed by atoms with Crippen LogP contribution in [0.3, 0.4) is 0 Å². The van der Waals surface area contributed by atoms with Gasteiger partial charge in [0.1, 0.15) is 0 Å². The summed E-state index contributed by atoms with van der Waals surface area (Å²) in [4.78, 5) is 0. The van der Waals surface area contributed by atoms with E-state index in [0.717, 1.165) is 0 Å². The van der Waals surface area contributed by atoms with Gasteiger partial charge in [0.05, 0.1) is 5.56 Å². The second-order valence-electron chi connectivity index (χ2n) is 4.40. The Balaban J connectivity index is 3.29. The smallest absolute Gasteiger partial charge is 0.311 e. The summed E-state index contributed by atoms with van der Waals surface area (Å²) in [5.74, 6) is 0. The van der Waals surface area contributed by atoms with Crippen molar-refractivity contribution < 1.29 is 13.2 Å². The van der Waals surface area contributed by atoms with Crippen molar-refractivity contribution in [3.63, 3.8) is 0 Å². The molecule has 0 spiro atoms. The van der Waals surface area contributed by atoms with Crippen LogP contribution >= 0.6 is 0 Å². The van der Waals surface area contributed by atoms with Gasteiger partial charge in [-0.25, -0.2) is 0 Å². The quantitative estimate of drug-likeness (QED) is 0.821. The fraction of sp³-hybridized carbons (Fsp3) is 0.500. The molecule has 16 heavy (non-hydrogen) atoms. The maximum absolute atomic E-state index is 12.7. The zero-order valence-corrected chi connectivity index (χ0v) is 9.87. The Morgan fingerprint density at radius 3 is 2.12 bits per heavy atom. The Morgan fingerprint density at radius 2 is 1.69 bits per heavy atom. The van der Waals surface area contributed by atoms with Gasteiger partial charge >= 0.3 is 6.18 Å². The molecule has 0 saturated carbocycles. The molecule has 0 aliphatic rings. The summed E-state index contributed by atoms with van der Waals surface area (Å²) in [6.07, 6.45) is -4.29. The summed E-state index contributed by atoms with van der Waals surface area (Å²) in [5, 5.41) is 2.99. The monoisotopic (exact) mass is 231 g/mol. The van der Waals surface area contributed by atoms with E-state index in [2.05, 4.69) is 5.32 Å². The number of aryl methyl sites for hydroxylation is 1. The van der Waals surface area contributed by atoms with E-state index >= 15 is 0 Å². The number of rotatable bonds is 2. The minimum atomic E-state index is -4.29. The third kappa shape index (κ3) is 2.55. The van der Waals surface area contributed by atoms with Gasteiger partial charge in [-0.2, -0.15) is 13.2 Å². The first-order chi connectivity index (χ1) is 7.18. The van der Waals surface area contributed by atoms with Gasteiger partial charge in [0.15, 0.2) is 0 Å². The molecule has 1 rings (SSSR count). The van der Waals surface area contributed by atoms with Gasteiger partial charge in [-0.15, -0.1) is 0 Å². The van der Waals surface area contributed by atoms with Gasteiger partial charge < -0.3 is 5.32 Å². The van der Waals surface area contributed by atoms with Gasteiger partial charge in [0, 0.05) is 5.54 Å². The standard InChI is InChI=1S/C12H16F3N/c1-8-5-6-9(11(2,3)16-4)7-10(8)12(13,14)15/h5-7,16H,1-4H3. The number of hydrogen-bond donors (Lipinski definition) is 1. The summed E-state index contributed by atoms with van der Waals surface area (Å²) in [6.45, 7) is 5.16. The highest BCUT2D eigenvalue weighted by Crippen LogP contribution is 2.34. The normalized spacial score (nSPS) is 12.9. The van der Waals surface area contributed by atoms with E-state index in [1.165, 1.54) is 19.1 Å². The highest BCUT2D eigenvalue weighted by atomic mass is 19.4. The van der Waals surface area contributed by atoms with E-state index in [4.69, 9.17) is 0 Å². The van der Waals surface area contributed by atoms with Crippen molar-refractivity contribution in [3.8, 4) is 0 Å². The average Bonchev–Trinajstić information content (AvgIpc) is 2.16. The Hall–Kier alpha value is -1.03. The molecule has 1 aromatic carbocycles. The van der Waals surface area contributed by atoms with Crippen LogP contribution in [-0.4, -0.2) is 7.05 Å². The van der Waals surface area contributed by atoms with Crippen LogP contribution in [0.1, 0.15) is 30.5 Å². The summed E-state index contributed by atoms with van der Waals surface area (Å²) >= 11 is 0. The minimum absolute atomic E-state index is 0.253. The van der Waals surface area contributed by atoms with Crippen molar-refractivity contribution in [3.05, 3.63) is 34.9 Å². The highest BCUT2D eigenvalue weighted by molar-refractivity contribution is 5.36. The molecule has 0 bridgehead atoms. The molecule has 0 unspecified atom stereocenters. The van der Waals surface area contributed by atoms with E-state index in [1.54, 1.807) is 13.1 Å². The van der Waals surface area contributed by atoms with Crippen molar-refractivity contribution in [1.29, 1.82) is 0 Å². The molecule has 90 valence electrons. The van der Waals surface area contributed by atoms with Crippen molar-refractivity contribution >= 4 is 0 Å². The van der Waals surface area contributed by atoms with Crippen molar-refractivity contribution in [2.24, 2.45) is 0 Å². The lowest BCUT2D eigenvalue weighted by molar-refractivity contribution is -0.138. The van der Waals surface area contributed by atoms with Gasteiger partial charge in [-0.05, 0) is 45.0 Å². The molecule has 1 nitrogen and oxygen atoms in total. The Labute approximate surface area is 93.7 Å². The van der Waals surface area contributed by atoms with Crippen LogP contribution in [0, 0.1) is 6.92 Å². The van der Waals surface area contributed by atoms with Crippen LogP contribution in [0.15, 0.2) is 18.2 Å². The largest absolute Gasteiger partial charge is 0.416 e. The Kier molecular flexibility index (Phi) is 3.33. The first kappa shape index (κ1) is 13.0. The van der Waals surface area contributed by atoms with Gasteiger partial charge in [-0.1, -0.05) is 12.1 Å². The van der Waals surface area contributed by atoms with Crippen LogP contribution < -0.4 is 5.32 Å². The molecule has 0 aliphatic heterocycles. The van der Waals surface area contributed by atoms with Crippen molar-refractivity contribution in [2.75, 3.05) is 7.05 Å². The van der Waals surface area contributed by atoms with E-state index in [0.29, 0.717) is 5.56 Å². The molecule has 0 aliphatic carbocycles. The SMILES string of the molecule is CNC(C)(C)c1ccc(C)c(C(F)(F)F)c1. The van der Waals surface area contributed by atoms with Crippen LogP contribution in [0.5, 0.6) is 0 Å². The Morgan fingerprint density at radius 1 is 1.12 bits per heavy atom. The fourth-order valence-corrected chi connectivity index (χ4v) is 1.46. The summed E-state index contributed by atoms with van der Waals surface area (Å²) in [5.41, 5.74) is -0.141. The lowest BCUT2D eigenvalue weighted by atomic mass is 9.91. The molecule has 1 aromatic rings. The maximum Gasteiger partial charge on any atom is 0.416 e. The predicted molar refractivity (Wildman–Crippen MR) is 58.3 cm³/mol. The average molecular weight is 231 g/mol. The number of benzene rings is 1. The second kappa shape index (κ2) is 4.09. The van der Waals surface area contributed by atoms with E-state index < -0.39 is 17.3 Å². The van der Waals surface area contributed by atoms with E-state index in [9.17, 15) is 13.2 Å². The van der Waals surface area contributed by atoms with Gasteiger partial charge in [-0.3, -0.25) is 0 Å². The fourth-order valence-electron chi connectivity index (χ4n) is 1.46. The number of halogens is 3. The molecule has 0 saturated heterocycles. The van der Waals surface area contributed by atoms with Gasteiger partial charge in [0.25, 0.3) is 0 Å². The van der Waals surface area contributed by atoms with E-state index in [-0.39, 0.29) is 5.56 Å². The van der Waals surface area contributed by atoms with Crippen molar-refractivity contribution in [2.45, 2.75) is 32.5 Å². The molecule has 0 amide bonds. The molecule has 0 aromatic heterocycles. The highest BCUT2D eigenvalue weighted by Gasteiger charge is 2.33. The molecule has 4 heteroatoms. The molecular formula is C12H16F3N. The molecule has 1 N–H and O–H groups in total. The van der Waals surface area contributed by atoms with Crippen LogP contribution in [0.25, 0.3) is 0 Å². The molecule has 0 atom stereocenters. The first-order valence-corrected chi connectivity index (χ1v) is 5.05.